The van der Waals surface area contributed by atoms with E-state index in [1.165, 1.54) is 24.7 Å². The van der Waals surface area contributed by atoms with Gasteiger partial charge >= 0.3 is 0 Å². The van der Waals surface area contributed by atoms with Crippen LogP contribution in [-0.2, 0) is 18.2 Å². The van der Waals surface area contributed by atoms with E-state index in [0.717, 1.165) is 12.0 Å². The molecule has 9 nitrogen and oxygen atoms in total. The molecule has 0 saturated carbocycles. The van der Waals surface area contributed by atoms with E-state index < -0.39 is 22.5 Å². The van der Waals surface area contributed by atoms with Crippen LogP contribution < -0.4 is 25.1 Å². The van der Waals surface area contributed by atoms with Crippen molar-refractivity contribution in [1.82, 2.24) is 14.2 Å². The third kappa shape index (κ3) is 6.43. The first-order valence-corrected chi connectivity index (χ1v) is 14.0. The minimum atomic E-state index is -1.60. The van der Waals surface area contributed by atoms with E-state index in [1.54, 1.807) is 49.1 Å². The second-order valence-electron chi connectivity index (χ2n) is 8.59. The number of anilines is 3. The van der Waals surface area contributed by atoms with Crippen LogP contribution in [0.25, 0.3) is 0 Å². The molecule has 3 N–H and O–H groups in total. The molecule has 1 saturated heterocycles. The van der Waals surface area contributed by atoms with Crippen molar-refractivity contribution in [3.05, 3.63) is 74.3 Å². The van der Waals surface area contributed by atoms with Crippen molar-refractivity contribution < 1.29 is 18.1 Å². The molecule has 4 rings (SSSR count). The predicted molar refractivity (Wildman–Crippen MR) is 155 cm³/mol. The van der Waals surface area contributed by atoms with Crippen LogP contribution in [-0.4, -0.2) is 39.7 Å². The predicted octanol–water partition coefficient (Wildman–Crippen LogP) is 5.41. The highest BCUT2D eigenvalue weighted by Crippen LogP contribution is 2.40. The highest BCUT2D eigenvalue weighted by Gasteiger charge is 2.32. The molecule has 12 heteroatoms. The van der Waals surface area contributed by atoms with Crippen LogP contribution in [0.4, 0.5) is 21.6 Å². The van der Waals surface area contributed by atoms with Gasteiger partial charge in [0.05, 0.1) is 16.9 Å². The molecule has 1 fully saturated rings. The first-order chi connectivity index (χ1) is 18.6. The fourth-order valence-corrected chi connectivity index (χ4v) is 4.58. The van der Waals surface area contributed by atoms with Crippen molar-refractivity contribution >= 4 is 45.9 Å². The Balaban J connectivity index is 0.00000205. The first-order valence-electron chi connectivity index (χ1n) is 12.5. The maximum Gasteiger partial charge on any atom is 0.261 e. The van der Waals surface area contributed by atoms with Crippen molar-refractivity contribution in [2.75, 3.05) is 30.2 Å². The van der Waals surface area contributed by atoms with Crippen LogP contribution in [0.3, 0.4) is 0 Å². The van der Waals surface area contributed by atoms with Crippen molar-refractivity contribution in [3.63, 3.8) is 0 Å². The number of pyridine rings is 1. The van der Waals surface area contributed by atoms with Gasteiger partial charge in [0.2, 0.25) is 0 Å². The number of likely N-dealkylation sites (tertiary alicyclic amines) is 1. The SMILES string of the molecule is CC.CNS(=O)Nc1cccc(Oc2c(C(=O)N3CCC3)c(Nc3ccc(C)cc3F)n(C)c(=O)c2C)c1Cl. The lowest BCUT2D eigenvalue weighted by atomic mass is 10.1. The van der Waals surface area contributed by atoms with Gasteiger partial charge in [0.15, 0.2) is 16.9 Å². The van der Waals surface area contributed by atoms with Crippen LogP contribution in [0.15, 0.2) is 41.2 Å². The van der Waals surface area contributed by atoms with Gasteiger partial charge in [0.1, 0.15) is 28.0 Å². The summed E-state index contributed by atoms with van der Waals surface area (Å²) in [6.07, 6.45) is 0.851. The quantitative estimate of drug-likeness (QED) is 0.332. The summed E-state index contributed by atoms with van der Waals surface area (Å²) in [5.74, 6) is -0.661. The molecule has 0 radical (unpaired) electrons. The molecule has 1 aliphatic rings. The van der Waals surface area contributed by atoms with E-state index in [9.17, 15) is 18.2 Å². The van der Waals surface area contributed by atoms with Crippen LogP contribution in [0.1, 0.15) is 41.8 Å². The molecular weight excluding hydrogens is 545 g/mol. The maximum atomic E-state index is 14.8. The van der Waals surface area contributed by atoms with Gasteiger partial charge in [-0.05, 0) is 57.1 Å². The number of amides is 1. The van der Waals surface area contributed by atoms with Crippen LogP contribution >= 0.6 is 11.6 Å². The van der Waals surface area contributed by atoms with Crippen molar-refractivity contribution in [2.45, 2.75) is 34.1 Å². The number of aryl methyl sites for hydroxylation is 1. The fourth-order valence-electron chi connectivity index (χ4n) is 3.84. The van der Waals surface area contributed by atoms with Gasteiger partial charge in [-0.15, -0.1) is 0 Å². The second kappa shape index (κ2) is 13.1. The summed E-state index contributed by atoms with van der Waals surface area (Å²) in [6.45, 7) is 8.41. The van der Waals surface area contributed by atoms with Crippen LogP contribution in [0.5, 0.6) is 11.5 Å². The van der Waals surface area contributed by atoms with E-state index in [2.05, 4.69) is 14.8 Å². The molecule has 3 aromatic rings. The minimum Gasteiger partial charge on any atom is -0.454 e. The highest BCUT2D eigenvalue weighted by atomic mass is 35.5. The summed E-state index contributed by atoms with van der Waals surface area (Å²) >= 11 is 4.93. The number of aromatic nitrogens is 1. The zero-order chi connectivity index (χ0) is 28.9. The zero-order valence-electron chi connectivity index (χ0n) is 22.8. The molecule has 39 heavy (non-hydrogen) atoms. The summed E-state index contributed by atoms with van der Waals surface area (Å²) in [7, 11) is 3.02. The second-order valence-corrected chi connectivity index (χ2v) is 10.1. The van der Waals surface area contributed by atoms with E-state index in [4.69, 9.17) is 16.3 Å². The molecule has 1 atom stereocenters. The molecule has 0 aliphatic carbocycles. The van der Waals surface area contributed by atoms with Gasteiger partial charge in [-0.3, -0.25) is 18.9 Å². The van der Waals surface area contributed by atoms with Gasteiger partial charge in [0.25, 0.3) is 11.5 Å². The summed E-state index contributed by atoms with van der Waals surface area (Å²) in [5, 5.41) is 3.05. The van der Waals surface area contributed by atoms with Gasteiger partial charge in [-0.1, -0.05) is 37.6 Å². The third-order valence-corrected chi connectivity index (χ3v) is 7.23. The Kier molecular flexibility index (Phi) is 10.1. The molecule has 0 spiro atoms. The number of hydrogen-bond acceptors (Lipinski definition) is 5. The maximum absolute atomic E-state index is 14.8. The molecule has 2 heterocycles. The molecule has 0 bridgehead atoms. The Morgan fingerprint density at radius 2 is 1.82 bits per heavy atom. The molecule has 2 aromatic carbocycles. The Bertz CT molecular complexity index is 1460. The summed E-state index contributed by atoms with van der Waals surface area (Å²) in [4.78, 5) is 28.5. The van der Waals surface area contributed by atoms with Gasteiger partial charge in [0, 0.05) is 20.1 Å². The summed E-state index contributed by atoms with van der Waals surface area (Å²) in [6, 6.07) is 9.43. The van der Waals surface area contributed by atoms with Gasteiger partial charge in [-0.25, -0.2) is 13.3 Å². The Hall–Kier alpha value is -3.41. The van der Waals surface area contributed by atoms with Gasteiger partial charge < -0.3 is 15.0 Å². The molecule has 1 amide bonds. The third-order valence-electron chi connectivity index (χ3n) is 6.06. The van der Waals surface area contributed by atoms with E-state index in [-0.39, 0.29) is 45.1 Å². The summed E-state index contributed by atoms with van der Waals surface area (Å²) < 4.78 is 39.3. The topological polar surface area (TPSA) is 105 Å². The standard InChI is InChI=1S/C25H27ClFN5O4S.C2H6/c1-14-9-10-17(16(27)13-14)29-23-20(25(34)32-11-6-12-32)22(15(2)24(33)31(23)4)36-19-8-5-7-18(21(19)26)30-37(35)28-3;1-2/h5,7-10,13,28-30H,6,11-12H2,1-4H3;1-2H3. The lowest BCUT2D eigenvalue weighted by Gasteiger charge is -2.32. The van der Waals surface area contributed by atoms with Crippen LogP contribution in [0, 0.1) is 19.7 Å². The molecule has 1 unspecified atom stereocenters. The first kappa shape index (κ1) is 30.1. The minimum absolute atomic E-state index is 0.00353. The smallest absolute Gasteiger partial charge is 0.261 e. The van der Waals surface area contributed by atoms with Crippen LogP contribution in [0.2, 0.25) is 5.02 Å². The van der Waals surface area contributed by atoms with E-state index in [0.29, 0.717) is 18.8 Å². The molecule has 1 aromatic heterocycles. The number of hydrogen-bond donors (Lipinski definition) is 3. The lowest BCUT2D eigenvalue weighted by Crippen LogP contribution is -2.43. The van der Waals surface area contributed by atoms with Crippen molar-refractivity contribution in [2.24, 2.45) is 7.05 Å². The average molecular weight is 578 g/mol. The molecule has 1 aliphatic heterocycles. The number of nitrogens with zero attached hydrogens (tertiary/aromatic N) is 2. The number of carbonyl (C=O) groups is 1. The number of benzene rings is 2. The van der Waals surface area contributed by atoms with E-state index >= 15 is 0 Å². The number of nitrogens with one attached hydrogen (secondary N) is 3. The molecule has 210 valence electrons. The number of carbonyl (C=O) groups excluding carboxylic acids is 1. The van der Waals surface area contributed by atoms with Gasteiger partial charge in [-0.2, -0.15) is 0 Å². The number of rotatable bonds is 8. The van der Waals surface area contributed by atoms with Crippen molar-refractivity contribution in [1.29, 1.82) is 0 Å². The zero-order valence-corrected chi connectivity index (χ0v) is 24.3. The average Bonchev–Trinajstić information content (AvgIpc) is 2.89. The Labute approximate surface area is 235 Å². The fraction of sp³-hybridized carbons (Fsp3) is 0.333. The monoisotopic (exact) mass is 577 g/mol. The van der Waals surface area contributed by atoms with Crippen molar-refractivity contribution in [3.8, 4) is 11.5 Å². The highest BCUT2D eigenvalue weighted by molar-refractivity contribution is 7.84. The largest absolute Gasteiger partial charge is 0.454 e. The normalized spacial score (nSPS) is 13.1. The number of ether oxygens (including phenoxy) is 1. The number of halogens is 2. The molecular formula is C27H33ClFN5O4S. The Morgan fingerprint density at radius 3 is 2.41 bits per heavy atom. The lowest BCUT2D eigenvalue weighted by molar-refractivity contribution is 0.0649. The van der Waals surface area contributed by atoms with E-state index in [1.807, 2.05) is 13.8 Å². The Morgan fingerprint density at radius 1 is 1.13 bits per heavy atom. The summed E-state index contributed by atoms with van der Waals surface area (Å²) in [5.41, 5.74) is 0.967.